The zero-order valence-corrected chi connectivity index (χ0v) is 12.2. The number of nitrogens with zero attached hydrogens (tertiary/aromatic N) is 3. The fraction of sp³-hybridized carbons (Fsp3) is 0.636. The standard InChI is InChI=1S/C11H19N3O4S/c1-13-8-10(7-12-13)9-14(2)19(16,17)6-4-5-11(15)18-3/h7-8H,4-6,9H2,1-3H3. The lowest BCUT2D eigenvalue weighted by Crippen LogP contribution is -2.29. The molecule has 0 aliphatic carbocycles. The van der Waals surface area contributed by atoms with Gasteiger partial charge in [-0.05, 0) is 6.42 Å². The number of sulfonamides is 1. The third-order valence-corrected chi connectivity index (χ3v) is 4.53. The van der Waals surface area contributed by atoms with Crippen LogP contribution in [0.15, 0.2) is 12.4 Å². The predicted molar refractivity (Wildman–Crippen MR) is 69.7 cm³/mol. The molecule has 19 heavy (non-hydrogen) atoms. The number of aromatic nitrogens is 2. The first kappa shape index (κ1) is 15.6. The van der Waals surface area contributed by atoms with Crippen molar-refractivity contribution in [3.8, 4) is 0 Å². The molecule has 0 amide bonds. The average Bonchev–Trinajstić information content (AvgIpc) is 2.74. The summed E-state index contributed by atoms with van der Waals surface area (Å²) in [7, 11) is 1.21. The summed E-state index contributed by atoms with van der Waals surface area (Å²) in [4.78, 5) is 10.9. The fourth-order valence-electron chi connectivity index (χ4n) is 1.57. The number of carbonyl (C=O) groups excluding carboxylic acids is 1. The molecule has 7 nitrogen and oxygen atoms in total. The number of methoxy groups -OCH3 is 1. The molecule has 0 aliphatic rings. The van der Waals surface area contributed by atoms with E-state index in [9.17, 15) is 13.2 Å². The van der Waals surface area contributed by atoms with Crippen LogP contribution in [0.5, 0.6) is 0 Å². The number of hydrogen-bond donors (Lipinski definition) is 0. The van der Waals surface area contributed by atoms with E-state index in [1.165, 1.54) is 18.5 Å². The van der Waals surface area contributed by atoms with Crippen LogP contribution >= 0.6 is 0 Å². The summed E-state index contributed by atoms with van der Waals surface area (Å²) in [5.41, 5.74) is 0.821. The van der Waals surface area contributed by atoms with Crippen molar-refractivity contribution in [2.75, 3.05) is 19.9 Å². The zero-order chi connectivity index (χ0) is 14.5. The second-order valence-electron chi connectivity index (χ2n) is 4.27. The van der Waals surface area contributed by atoms with Crippen LogP contribution in [-0.4, -0.2) is 48.4 Å². The minimum absolute atomic E-state index is 0.0706. The Labute approximate surface area is 113 Å². The molecule has 1 aromatic rings. The summed E-state index contributed by atoms with van der Waals surface area (Å²) in [6.07, 6.45) is 3.75. The molecular weight excluding hydrogens is 270 g/mol. The van der Waals surface area contributed by atoms with Crippen molar-refractivity contribution in [3.05, 3.63) is 18.0 Å². The lowest BCUT2D eigenvalue weighted by molar-refractivity contribution is -0.140. The van der Waals surface area contributed by atoms with Gasteiger partial charge in [-0.25, -0.2) is 12.7 Å². The van der Waals surface area contributed by atoms with E-state index in [0.717, 1.165) is 5.56 Å². The third-order valence-electron chi connectivity index (χ3n) is 2.65. The fourth-order valence-corrected chi connectivity index (χ4v) is 2.73. The maximum absolute atomic E-state index is 12.0. The van der Waals surface area contributed by atoms with Crippen LogP contribution in [0.4, 0.5) is 0 Å². The first-order chi connectivity index (χ1) is 8.85. The van der Waals surface area contributed by atoms with E-state index in [1.54, 1.807) is 24.1 Å². The van der Waals surface area contributed by atoms with Gasteiger partial charge in [0.25, 0.3) is 0 Å². The van der Waals surface area contributed by atoms with Gasteiger partial charge in [-0.1, -0.05) is 0 Å². The Morgan fingerprint density at radius 1 is 1.53 bits per heavy atom. The number of hydrogen-bond acceptors (Lipinski definition) is 5. The lowest BCUT2D eigenvalue weighted by atomic mass is 10.3. The van der Waals surface area contributed by atoms with Crippen molar-refractivity contribution in [3.63, 3.8) is 0 Å². The maximum atomic E-state index is 12.0. The normalized spacial score (nSPS) is 11.8. The van der Waals surface area contributed by atoms with E-state index in [0.29, 0.717) is 0 Å². The van der Waals surface area contributed by atoms with Gasteiger partial charge in [0.15, 0.2) is 0 Å². The van der Waals surface area contributed by atoms with Gasteiger partial charge in [-0.3, -0.25) is 9.48 Å². The molecule has 0 atom stereocenters. The molecule has 1 heterocycles. The van der Waals surface area contributed by atoms with E-state index in [-0.39, 0.29) is 25.1 Å². The highest BCUT2D eigenvalue weighted by atomic mass is 32.2. The van der Waals surface area contributed by atoms with Crippen LogP contribution in [0.1, 0.15) is 18.4 Å². The van der Waals surface area contributed by atoms with Crippen molar-refractivity contribution in [1.82, 2.24) is 14.1 Å². The van der Waals surface area contributed by atoms with Gasteiger partial charge in [-0.15, -0.1) is 0 Å². The van der Waals surface area contributed by atoms with Gasteiger partial charge in [0.1, 0.15) is 0 Å². The van der Waals surface area contributed by atoms with E-state index >= 15 is 0 Å². The van der Waals surface area contributed by atoms with Gasteiger partial charge < -0.3 is 4.74 Å². The number of ether oxygens (including phenoxy) is 1. The van der Waals surface area contributed by atoms with Crippen LogP contribution < -0.4 is 0 Å². The van der Waals surface area contributed by atoms with Crippen molar-refractivity contribution in [1.29, 1.82) is 0 Å². The molecule has 0 spiro atoms. The van der Waals surface area contributed by atoms with Crippen LogP contribution in [0.25, 0.3) is 0 Å². The van der Waals surface area contributed by atoms with E-state index in [1.807, 2.05) is 0 Å². The highest BCUT2D eigenvalue weighted by Gasteiger charge is 2.18. The average molecular weight is 289 g/mol. The van der Waals surface area contributed by atoms with Crippen molar-refractivity contribution < 1.29 is 17.9 Å². The minimum atomic E-state index is -3.36. The van der Waals surface area contributed by atoms with Crippen LogP contribution in [0.2, 0.25) is 0 Å². The number of aryl methyl sites for hydroxylation is 1. The lowest BCUT2D eigenvalue weighted by Gasteiger charge is -2.15. The van der Waals surface area contributed by atoms with Crippen molar-refractivity contribution in [2.24, 2.45) is 7.05 Å². The quantitative estimate of drug-likeness (QED) is 0.667. The highest BCUT2D eigenvalue weighted by molar-refractivity contribution is 7.89. The zero-order valence-electron chi connectivity index (χ0n) is 11.4. The van der Waals surface area contributed by atoms with Crippen LogP contribution in [0, 0.1) is 0 Å². The first-order valence-electron chi connectivity index (χ1n) is 5.83. The van der Waals surface area contributed by atoms with Crippen molar-refractivity contribution >= 4 is 16.0 Å². The third kappa shape index (κ3) is 4.99. The summed E-state index contributed by atoms with van der Waals surface area (Å²) in [6, 6.07) is 0. The Morgan fingerprint density at radius 3 is 2.74 bits per heavy atom. The Balaban J connectivity index is 2.49. The smallest absolute Gasteiger partial charge is 0.305 e. The molecule has 8 heteroatoms. The second-order valence-corrected chi connectivity index (χ2v) is 6.47. The SMILES string of the molecule is COC(=O)CCCS(=O)(=O)N(C)Cc1cnn(C)c1. The predicted octanol–water partition coefficient (Wildman–Crippen LogP) is 0.135. The number of rotatable bonds is 7. The molecule has 0 saturated carbocycles. The molecule has 0 aliphatic heterocycles. The summed E-state index contributed by atoms with van der Waals surface area (Å²) < 4.78 is 31.3. The van der Waals surface area contributed by atoms with Gasteiger partial charge in [0, 0.05) is 38.8 Å². The summed E-state index contributed by atoms with van der Waals surface area (Å²) in [5, 5.41) is 3.98. The van der Waals surface area contributed by atoms with Crippen LogP contribution in [0.3, 0.4) is 0 Å². The van der Waals surface area contributed by atoms with Gasteiger partial charge in [0.05, 0.1) is 19.1 Å². The molecule has 1 rings (SSSR count). The molecule has 0 unspecified atom stereocenters. The number of carbonyl (C=O) groups is 1. The van der Waals surface area contributed by atoms with E-state index in [4.69, 9.17) is 0 Å². The molecule has 108 valence electrons. The number of esters is 1. The Morgan fingerprint density at radius 2 is 2.21 bits per heavy atom. The minimum Gasteiger partial charge on any atom is -0.469 e. The van der Waals surface area contributed by atoms with Gasteiger partial charge in [0.2, 0.25) is 10.0 Å². The summed E-state index contributed by atoms with van der Waals surface area (Å²) in [6.45, 7) is 0.272. The molecule has 0 fully saturated rings. The monoisotopic (exact) mass is 289 g/mol. The Bertz CT molecular complexity index is 524. The van der Waals surface area contributed by atoms with Crippen molar-refractivity contribution in [2.45, 2.75) is 19.4 Å². The first-order valence-corrected chi connectivity index (χ1v) is 7.44. The Hall–Kier alpha value is -1.41. The highest BCUT2D eigenvalue weighted by Crippen LogP contribution is 2.08. The van der Waals surface area contributed by atoms with Gasteiger partial charge >= 0.3 is 5.97 Å². The van der Waals surface area contributed by atoms with Crippen LogP contribution in [-0.2, 0) is 33.1 Å². The summed E-state index contributed by atoms with van der Waals surface area (Å²) in [5.74, 6) is -0.469. The topological polar surface area (TPSA) is 81.5 Å². The molecule has 0 aromatic carbocycles. The molecular formula is C11H19N3O4S. The maximum Gasteiger partial charge on any atom is 0.305 e. The van der Waals surface area contributed by atoms with E-state index < -0.39 is 16.0 Å². The van der Waals surface area contributed by atoms with Gasteiger partial charge in [-0.2, -0.15) is 5.10 Å². The Kier molecular flexibility index (Phi) is 5.49. The molecule has 0 saturated heterocycles. The molecule has 0 bridgehead atoms. The molecule has 0 radical (unpaired) electrons. The molecule has 1 aromatic heterocycles. The largest absolute Gasteiger partial charge is 0.469 e. The second kappa shape index (κ2) is 6.67. The summed E-state index contributed by atoms with van der Waals surface area (Å²) >= 11 is 0. The van der Waals surface area contributed by atoms with E-state index in [2.05, 4.69) is 9.84 Å². The molecule has 0 N–H and O–H groups in total.